The van der Waals surface area contributed by atoms with Gasteiger partial charge in [0.2, 0.25) is 0 Å². The summed E-state index contributed by atoms with van der Waals surface area (Å²) in [7, 11) is 3.26. The van der Waals surface area contributed by atoms with Crippen LogP contribution in [-0.4, -0.2) is 19.2 Å². The van der Waals surface area contributed by atoms with Crippen molar-refractivity contribution in [3.8, 4) is 11.5 Å². The number of aromatic nitrogens is 1. The maximum absolute atomic E-state index is 6.32. The monoisotopic (exact) mass is 350 g/mol. The third-order valence-electron chi connectivity index (χ3n) is 3.38. The highest BCUT2D eigenvalue weighted by Crippen LogP contribution is 2.39. The van der Waals surface area contributed by atoms with E-state index in [2.05, 4.69) is 27.0 Å². The number of benzene rings is 1. The Labute approximate surface area is 133 Å². The first kappa shape index (κ1) is 15.8. The zero-order valence-corrected chi connectivity index (χ0v) is 13.8. The van der Waals surface area contributed by atoms with Gasteiger partial charge in [-0.3, -0.25) is 4.98 Å². The number of ether oxygens (including phenoxy) is 2. The molecule has 0 aliphatic carbocycles. The van der Waals surface area contributed by atoms with Gasteiger partial charge in [-0.2, -0.15) is 0 Å². The van der Waals surface area contributed by atoms with E-state index in [9.17, 15) is 0 Å². The number of nitrogens with zero attached hydrogens (tertiary/aromatic N) is 1. The molecule has 2 aromatic rings. The van der Waals surface area contributed by atoms with Gasteiger partial charge >= 0.3 is 0 Å². The Balaban J connectivity index is 2.15. The molecule has 21 heavy (non-hydrogen) atoms. The molecular formula is C16H19BrN2O2. The average Bonchev–Trinajstić information content (AvgIpc) is 2.53. The molecular weight excluding hydrogens is 332 g/mol. The molecule has 2 rings (SSSR count). The Hall–Kier alpha value is -1.59. The van der Waals surface area contributed by atoms with Crippen molar-refractivity contribution in [2.45, 2.75) is 18.9 Å². The van der Waals surface area contributed by atoms with E-state index >= 15 is 0 Å². The van der Waals surface area contributed by atoms with Crippen LogP contribution in [0.2, 0.25) is 0 Å². The van der Waals surface area contributed by atoms with Gasteiger partial charge in [-0.25, -0.2) is 0 Å². The highest BCUT2D eigenvalue weighted by atomic mass is 79.9. The largest absolute Gasteiger partial charge is 0.495 e. The van der Waals surface area contributed by atoms with Gasteiger partial charge in [0.15, 0.2) is 0 Å². The Morgan fingerprint density at radius 1 is 1.24 bits per heavy atom. The number of hydrogen-bond donors (Lipinski definition) is 1. The fourth-order valence-electron chi connectivity index (χ4n) is 2.23. The summed E-state index contributed by atoms with van der Waals surface area (Å²) in [6, 6.07) is 7.73. The summed E-state index contributed by atoms with van der Waals surface area (Å²) in [6.07, 6.45) is 5.34. The van der Waals surface area contributed by atoms with E-state index < -0.39 is 0 Å². The van der Waals surface area contributed by atoms with Crippen LogP contribution in [-0.2, 0) is 6.42 Å². The second-order valence-electron chi connectivity index (χ2n) is 4.71. The minimum Gasteiger partial charge on any atom is -0.495 e. The normalized spacial score (nSPS) is 12.0. The van der Waals surface area contributed by atoms with Crippen LogP contribution in [0.3, 0.4) is 0 Å². The van der Waals surface area contributed by atoms with Crippen molar-refractivity contribution < 1.29 is 9.47 Å². The summed E-state index contributed by atoms with van der Waals surface area (Å²) in [5.74, 6) is 1.46. The third-order valence-corrected chi connectivity index (χ3v) is 4.13. The van der Waals surface area contributed by atoms with Gasteiger partial charge in [-0.15, -0.1) is 0 Å². The standard InChI is InChI=1S/C16H19BrN2O2/c1-20-14-8-6-12(16(21-2)15(14)17)13(18)7-5-11-4-3-9-19-10-11/h3-4,6,8-10,13H,5,7,18H2,1-2H3. The summed E-state index contributed by atoms with van der Waals surface area (Å²) < 4.78 is 11.5. The van der Waals surface area contributed by atoms with Crippen molar-refractivity contribution in [1.29, 1.82) is 0 Å². The molecule has 0 fully saturated rings. The lowest BCUT2D eigenvalue weighted by atomic mass is 9.99. The Kier molecular flexibility index (Phi) is 5.59. The molecule has 1 unspecified atom stereocenters. The summed E-state index contributed by atoms with van der Waals surface area (Å²) in [5.41, 5.74) is 8.46. The van der Waals surface area contributed by atoms with E-state index in [1.165, 1.54) is 5.56 Å². The topological polar surface area (TPSA) is 57.4 Å². The molecule has 0 bridgehead atoms. The lowest BCUT2D eigenvalue weighted by molar-refractivity contribution is 0.382. The Bertz CT molecular complexity index is 590. The second kappa shape index (κ2) is 7.43. The van der Waals surface area contributed by atoms with E-state index in [0.717, 1.165) is 34.4 Å². The first-order valence-corrected chi connectivity index (χ1v) is 7.51. The van der Waals surface area contributed by atoms with Crippen LogP contribution < -0.4 is 15.2 Å². The first-order chi connectivity index (χ1) is 10.2. The van der Waals surface area contributed by atoms with Crippen molar-refractivity contribution in [3.63, 3.8) is 0 Å². The third kappa shape index (κ3) is 3.74. The van der Waals surface area contributed by atoms with Gasteiger partial charge in [0.05, 0.1) is 14.2 Å². The SMILES string of the molecule is COc1ccc(C(N)CCc2cccnc2)c(OC)c1Br. The lowest BCUT2D eigenvalue weighted by Crippen LogP contribution is -2.13. The van der Waals surface area contributed by atoms with Crippen LogP contribution in [0.15, 0.2) is 41.1 Å². The van der Waals surface area contributed by atoms with E-state index in [0.29, 0.717) is 0 Å². The van der Waals surface area contributed by atoms with E-state index in [1.807, 2.05) is 24.4 Å². The fourth-order valence-corrected chi connectivity index (χ4v) is 2.92. The minimum absolute atomic E-state index is 0.109. The minimum atomic E-state index is -0.109. The van der Waals surface area contributed by atoms with E-state index in [1.54, 1.807) is 20.4 Å². The smallest absolute Gasteiger partial charge is 0.141 e. The van der Waals surface area contributed by atoms with Gasteiger partial charge < -0.3 is 15.2 Å². The average molecular weight is 351 g/mol. The molecule has 1 aromatic heterocycles. The maximum atomic E-state index is 6.32. The van der Waals surface area contributed by atoms with Gasteiger partial charge in [0, 0.05) is 24.0 Å². The summed E-state index contributed by atoms with van der Waals surface area (Å²) >= 11 is 3.50. The molecule has 0 aliphatic heterocycles. The molecule has 0 amide bonds. The van der Waals surface area contributed by atoms with Crippen LogP contribution >= 0.6 is 15.9 Å². The molecule has 1 aromatic carbocycles. The van der Waals surface area contributed by atoms with Gasteiger partial charge in [0.1, 0.15) is 16.0 Å². The molecule has 1 heterocycles. The predicted octanol–water partition coefficient (Wildman–Crippen LogP) is 3.49. The predicted molar refractivity (Wildman–Crippen MR) is 86.7 cm³/mol. The lowest BCUT2D eigenvalue weighted by Gasteiger charge is -2.18. The van der Waals surface area contributed by atoms with Crippen LogP contribution in [0.5, 0.6) is 11.5 Å². The molecule has 0 aliphatic rings. The fraction of sp³-hybridized carbons (Fsp3) is 0.312. The Morgan fingerprint density at radius 2 is 2.05 bits per heavy atom. The van der Waals surface area contributed by atoms with E-state index in [-0.39, 0.29) is 6.04 Å². The zero-order valence-electron chi connectivity index (χ0n) is 12.2. The van der Waals surface area contributed by atoms with Crippen molar-refractivity contribution in [2.24, 2.45) is 5.73 Å². The van der Waals surface area contributed by atoms with Crippen molar-refractivity contribution in [2.75, 3.05) is 14.2 Å². The Morgan fingerprint density at radius 3 is 2.67 bits per heavy atom. The highest BCUT2D eigenvalue weighted by molar-refractivity contribution is 9.10. The zero-order chi connectivity index (χ0) is 15.2. The number of aryl methyl sites for hydroxylation is 1. The van der Waals surface area contributed by atoms with Crippen LogP contribution in [0.25, 0.3) is 0 Å². The molecule has 0 radical (unpaired) electrons. The number of methoxy groups -OCH3 is 2. The summed E-state index contributed by atoms with van der Waals surface area (Å²) in [5, 5.41) is 0. The van der Waals surface area contributed by atoms with Crippen molar-refractivity contribution in [1.82, 2.24) is 4.98 Å². The van der Waals surface area contributed by atoms with E-state index in [4.69, 9.17) is 15.2 Å². The number of hydrogen-bond acceptors (Lipinski definition) is 4. The second-order valence-corrected chi connectivity index (χ2v) is 5.50. The maximum Gasteiger partial charge on any atom is 0.141 e. The van der Waals surface area contributed by atoms with Gasteiger partial charge in [-0.05, 0) is 52.5 Å². The van der Waals surface area contributed by atoms with Gasteiger partial charge in [0.25, 0.3) is 0 Å². The number of halogens is 1. The van der Waals surface area contributed by atoms with Crippen LogP contribution in [0.1, 0.15) is 23.6 Å². The molecule has 1 atom stereocenters. The molecule has 0 saturated heterocycles. The molecule has 112 valence electrons. The van der Waals surface area contributed by atoms with Crippen LogP contribution in [0, 0.1) is 0 Å². The van der Waals surface area contributed by atoms with Crippen molar-refractivity contribution >= 4 is 15.9 Å². The molecule has 0 saturated carbocycles. The number of pyridine rings is 1. The molecule has 2 N–H and O–H groups in total. The van der Waals surface area contributed by atoms with Crippen LogP contribution in [0.4, 0.5) is 0 Å². The molecule has 0 spiro atoms. The van der Waals surface area contributed by atoms with Gasteiger partial charge in [-0.1, -0.05) is 6.07 Å². The summed E-state index contributed by atoms with van der Waals surface area (Å²) in [4.78, 5) is 4.12. The summed E-state index contributed by atoms with van der Waals surface area (Å²) in [6.45, 7) is 0. The first-order valence-electron chi connectivity index (χ1n) is 6.72. The molecule has 5 heteroatoms. The van der Waals surface area contributed by atoms with Crippen molar-refractivity contribution in [3.05, 3.63) is 52.3 Å². The quantitative estimate of drug-likeness (QED) is 0.866. The molecule has 4 nitrogen and oxygen atoms in total. The number of nitrogens with two attached hydrogens (primary N) is 1. The number of rotatable bonds is 6. The highest BCUT2D eigenvalue weighted by Gasteiger charge is 2.17.